The zero-order valence-electron chi connectivity index (χ0n) is 16.4. The summed E-state index contributed by atoms with van der Waals surface area (Å²) in [6, 6.07) is 27.9. The first kappa shape index (κ1) is 19.2. The van der Waals surface area contributed by atoms with Crippen LogP contribution in [0.25, 0.3) is 10.9 Å². The van der Waals surface area contributed by atoms with Gasteiger partial charge >= 0.3 is 0 Å². The molecule has 0 bridgehead atoms. The van der Waals surface area contributed by atoms with Crippen LogP contribution in [0.4, 0.5) is 0 Å². The molecule has 0 aliphatic rings. The number of fused-ring (bicyclic) bond motifs is 1. The molecule has 0 saturated carbocycles. The van der Waals surface area contributed by atoms with Crippen LogP contribution in [0.1, 0.15) is 34.5 Å². The highest BCUT2D eigenvalue weighted by atomic mass is 32.2. The number of benzene rings is 3. The van der Waals surface area contributed by atoms with Crippen molar-refractivity contribution < 1.29 is 4.79 Å². The number of hydrogen-bond donors (Lipinski definition) is 1. The molecule has 0 unspecified atom stereocenters. The summed E-state index contributed by atoms with van der Waals surface area (Å²) in [7, 11) is 0. The highest BCUT2D eigenvalue weighted by Crippen LogP contribution is 2.30. The zero-order chi connectivity index (χ0) is 20.2. The Kier molecular flexibility index (Phi) is 5.63. The largest absolute Gasteiger partial charge is 0.345 e. The van der Waals surface area contributed by atoms with E-state index in [4.69, 9.17) is 4.98 Å². The molecule has 0 aliphatic carbocycles. The molecule has 4 heteroatoms. The predicted octanol–water partition coefficient (Wildman–Crippen LogP) is 6.19. The molecule has 144 valence electrons. The molecule has 1 amide bonds. The SMILES string of the molecule is Cc1ccc(Sc2cc(C(=O)N[C@@H](C)c3ccccc3)c3ccccc3n2)cc1. The summed E-state index contributed by atoms with van der Waals surface area (Å²) in [4.78, 5) is 19.0. The molecule has 0 radical (unpaired) electrons. The van der Waals surface area contributed by atoms with E-state index in [0.717, 1.165) is 26.4 Å². The lowest BCUT2D eigenvalue weighted by molar-refractivity contribution is 0.0941. The number of para-hydroxylation sites is 1. The molecule has 0 fully saturated rings. The molecule has 4 aromatic rings. The number of carbonyl (C=O) groups is 1. The van der Waals surface area contributed by atoms with Gasteiger partial charge in [-0.15, -0.1) is 0 Å². The van der Waals surface area contributed by atoms with E-state index in [1.54, 1.807) is 11.8 Å². The van der Waals surface area contributed by atoms with Crippen LogP contribution >= 0.6 is 11.8 Å². The van der Waals surface area contributed by atoms with Gasteiger partial charge in [0, 0.05) is 10.3 Å². The van der Waals surface area contributed by atoms with Crippen molar-refractivity contribution in [2.45, 2.75) is 29.8 Å². The molecule has 3 aromatic carbocycles. The second kappa shape index (κ2) is 8.50. The van der Waals surface area contributed by atoms with Crippen LogP contribution in [0.2, 0.25) is 0 Å². The van der Waals surface area contributed by atoms with Crippen LogP contribution in [0.5, 0.6) is 0 Å². The summed E-state index contributed by atoms with van der Waals surface area (Å²) in [6.07, 6.45) is 0. The number of rotatable bonds is 5. The van der Waals surface area contributed by atoms with Crippen molar-refractivity contribution in [3.05, 3.63) is 102 Å². The van der Waals surface area contributed by atoms with Crippen LogP contribution in [-0.4, -0.2) is 10.9 Å². The number of aryl methyl sites for hydroxylation is 1. The summed E-state index contributed by atoms with van der Waals surface area (Å²) in [6.45, 7) is 4.07. The second-order valence-corrected chi connectivity index (χ2v) is 8.14. The van der Waals surface area contributed by atoms with Gasteiger partial charge in [0.1, 0.15) is 5.03 Å². The normalized spacial score (nSPS) is 11.9. The molecule has 29 heavy (non-hydrogen) atoms. The van der Waals surface area contributed by atoms with Gasteiger partial charge in [-0.25, -0.2) is 4.98 Å². The van der Waals surface area contributed by atoms with Crippen LogP contribution in [-0.2, 0) is 0 Å². The lowest BCUT2D eigenvalue weighted by Crippen LogP contribution is -2.27. The molecule has 1 aromatic heterocycles. The van der Waals surface area contributed by atoms with Crippen LogP contribution in [0.15, 0.2) is 94.9 Å². The Balaban J connectivity index is 1.66. The van der Waals surface area contributed by atoms with Crippen LogP contribution < -0.4 is 5.32 Å². The van der Waals surface area contributed by atoms with E-state index in [0.29, 0.717) is 5.56 Å². The van der Waals surface area contributed by atoms with E-state index in [-0.39, 0.29) is 11.9 Å². The minimum atomic E-state index is -0.0919. The molecule has 1 atom stereocenters. The highest BCUT2D eigenvalue weighted by molar-refractivity contribution is 7.99. The van der Waals surface area contributed by atoms with E-state index in [9.17, 15) is 4.79 Å². The van der Waals surface area contributed by atoms with Crippen molar-refractivity contribution >= 4 is 28.6 Å². The maximum Gasteiger partial charge on any atom is 0.252 e. The number of aromatic nitrogens is 1. The Hall–Kier alpha value is -3.11. The Labute approximate surface area is 175 Å². The summed E-state index contributed by atoms with van der Waals surface area (Å²) in [5.74, 6) is -0.0919. The maximum atomic E-state index is 13.1. The number of carbonyl (C=O) groups excluding carboxylic acids is 1. The van der Waals surface area contributed by atoms with E-state index in [2.05, 4.69) is 36.5 Å². The third-order valence-corrected chi connectivity index (χ3v) is 5.75. The van der Waals surface area contributed by atoms with Gasteiger partial charge in [0.15, 0.2) is 0 Å². The first-order valence-corrected chi connectivity index (χ1v) is 10.4. The highest BCUT2D eigenvalue weighted by Gasteiger charge is 2.16. The van der Waals surface area contributed by atoms with E-state index >= 15 is 0 Å². The third kappa shape index (κ3) is 4.49. The van der Waals surface area contributed by atoms with Crippen molar-refractivity contribution in [3.63, 3.8) is 0 Å². The minimum Gasteiger partial charge on any atom is -0.345 e. The fourth-order valence-electron chi connectivity index (χ4n) is 3.22. The smallest absolute Gasteiger partial charge is 0.252 e. The molecule has 0 saturated heterocycles. The Morgan fingerprint density at radius 2 is 1.62 bits per heavy atom. The monoisotopic (exact) mass is 398 g/mol. The number of nitrogens with one attached hydrogen (secondary N) is 1. The summed E-state index contributed by atoms with van der Waals surface area (Å²) in [5.41, 5.74) is 3.76. The van der Waals surface area contributed by atoms with E-state index in [1.807, 2.05) is 67.6 Å². The predicted molar refractivity (Wildman–Crippen MR) is 119 cm³/mol. The molecule has 1 heterocycles. The van der Waals surface area contributed by atoms with Gasteiger partial charge in [0.05, 0.1) is 17.1 Å². The number of nitrogens with zero attached hydrogens (tertiary/aromatic N) is 1. The quantitative estimate of drug-likeness (QED) is 0.436. The van der Waals surface area contributed by atoms with Crippen molar-refractivity contribution in [2.24, 2.45) is 0 Å². The Bertz CT molecular complexity index is 1140. The molecule has 0 aliphatic heterocycles. The van der Waals surface area contributed by atoms with Gasteiger partial charge in [0.25, 0.3) is 5.91 Å². The van der Waals surface area contributed by atoms with Crippen LogP contribution in [0.3, 0.4) is 0 Å². The van der Waals surface area contributed by atoms with Crippen molar-refractivity contribution in [1.29, 1.82) is 0 Å². The average Bonchev–Trinajstić information content (AvgIpc) is 2.75. The lowest BCUT2D eigenvalue weighted by atomic mass is 10.1. The molecule has 1 N–H and O–H groups in total. The standard InChI is InChI=1S/C25H22N2OS/c1-17-12-14-20(15-13-17)29-24-16-22(21-10-6-7-11-23(21)27-24)25(28)26-18(2)19-8-4-3-5-9-19/h3-16,18H,1-2H3,(H,26,28)/t18-/m0/s1. The van der Waals surface area contributed by atoms with Crippen molar-refractivity contribution in [2.75, 3.05) is 0 Å². The van der Waals surface area contributed by atoms with Gasteiger partial charge in [-0.3, -0.25) is 4.79 Å². The Morgan fingerprint density at radius 3 is 2.38 bits per heavy atom. The van der Waals surface area contributed by atoms with Crippen molar-refractivity contribution in [1.82, 2.24) is 10.3 Å². The fourth-order valence-corrected chi connectivity index (χ4v) is 4.05. The van der Waals surface area contributed by atoms with Crippen LogP contribution in [0, 0.1) is 6.92 Å². The first-order chi connectivity index (χ1) is 14.1. The third-order valence-electron chi connectivity index (χ3n) is 4.83. The second-order valence-electron chi connectivity index (χ2n) is 7.05. The molecule has 4 rings (SSSR count). The molecular weight excluding hydrogens is 376 g/mol. The van der Waals surface area contributed by atoms with Crippen molar-refractivity contribution in [3.8, 4) is 0 Å². The number of pyridine rings is 1. The lowest BCUT2D eigenvalue weighted by Gasteiger charge is -2.16. The average molecular weight is 399 g/mol. The Morgan fingerprint density at radius 1 is 0.931 bits per heavy atom. The van der Waals surface area contributed by atoms with Gasteiger partial charge in [-0.1, -0.05) is 78.0 Å². The topological polar surface area (TPSA) is 42.0 Å². The summed E-state index contributed by atoms with van der Waals surface area (Å²) < 4.78 is 0. The summed E-state index contributed by atoms with van der Waals surface area (Å²) in [5, 5.41) is 4.80. The number of amides is 1. The number of hydrogen-bond acceptors (Lipinski definition) is 3. The maximum absolute atomic E-state index is 13.1. The minimum absolute atomic E-state index is 0.0798. The molecular formula is C25H22N2OS. The zero-order valence-corrected chi connectivity index (χ0v) is 17.2. The van der Waals surface area contributed by atoms with Gasteiger partial charge < -0.3 is 5.32 Å². The van der Waals surface area contributed by atoms with E-state index in [1.165, 1.54) is 5.56 Å². The van der Waals surface area contributed by atoms with Gasteiger partial charge in [0.2, 0.25) is 0 Å². The van der Waals surface area contributed by atoms with Gasteiger partial charge in [-0.05, 0) is 43.7 Å². The summed E-state index contributed by atoms with van der Waals surface area (Å²) >= 11 is 1.57. The van der Waals surface area contributed by atoms with Gasteiger partial charge in [-0.2, -0.15) is 0 Å². The molecule has 3 nitrogen and oxygen atoms in total. The van der Waals surface area contributed by atoms with E-state index < -0.39 is 0 Å². The first-order valence-electron chi connectivity index (χ1n) is 9.60. The fraction of sp³-hybridized carbons (Fsp3) is 0.120. The molecule has 0 spiro atoms.